The minimum Gasteiger partial charge on any atom is -0.308 e. The van der Waals surface area contributed by atoms with Crippen LogP contribution in [0.3, 0.4) is 0 Å². The van der Waals surface area contributed by atoms with Crippen LogP contribution in [0.25, 0.3) is 0 Å². The van der Waals surface area contributed by atoms with Crippen LogP contribution in [0, 0.1) is 12.3 Å². The van der Waals surface area contributed by atoms with Crippen molar-refractivity contribution in [1.82, 2.24) is 15.3 Å². The van der Waals surface area contributed by atoms with Crippen molar-refractivity contribution < 1.29 is 0 Å². The van der Waals surface area contributed by atoms with Gasteiger partial charge < -0.3 is 5.32 Å². The molecule has 1 N–H and O–H groups in total. The van der Waals surface area contributed by atoms with E-state index in [2.05, 4.69) is 15.3 Å². The molecule has 0 aliphatic heterocycles. The maximum Gasteiger partial charge on any atom is 0.0724 e. The lowest BCUT2D eigenvalue weighted by molar-refractivity contribution is 0.0220. The Morgan fingerprint density at radius 3 is 2.61 bits per heavy atom. The lowest BCUT2D eigenvalue weighted by atomic mass is 9.57. The number of hydrogen-bond donors (Lipinski definition) is 1. The summed E-state index contributed by atoms with van der Waals surface area (Å²) in [4.78, 5) is 8.72. The first-order valence-electron chi connectivity index (χ1n) is 7.29. The number of nitrogens with one attached hydrogen (secondary N) is 1. The van der Waals surface area contributed by atoms with Gasteiger partial charge in [0.1, 0.15) is 0 Å². The SMILES string of the molecule is Cc1cnc(CNC2CCC23CCCCC3)cn1. The molecule has 2 fully saturated rings. The first kappa shape index (κ1) is 12.1. The third-order valence-electron chi connectivity index (χ3n) is 4.88. The fraction of sp³-hybridized carbons (Fsp3) is 0.733. The molecule has 18 heavy (non-hydrogen) atoms. The molecule has 1 heterocycles. The monoisotopic (exact) mass is 245 g/mol. The molecule has 3 nitrogen and oxygen atoms in total. The fourth-order valence-electron chi connectivity index (χ4n) is 3.61. The molecule has 1 aromatic rings. The standard InChI is InChI=1S/C15H23N3/c1-12-9-17-13(10-16-12)11-18-14-5-8-15(14)6-3-2-4-7-15/h9-10,14,18H,2-8,11H2,1H3. The van der Waals surface area contributed by atoms with Crippen molar-refractivity contribution in [2.24, 2.45) is 5.41 Å². The minimum absolute atomic E-state index is 0.635. The van der Waals surface area contributed by atoms with Crippen LogP contribution < -0.4 is 5.32 Å². The van der Waals surface area contributed by atoms with Crippen LogP contribution in [0.4, 0.5) is 0 Å². The van der Waals surface area contributed by atoms with Gasteiger partial charge in [-0.05, 0) is 38.0 Å². The van der Waals surface area contributed by atoms with E-state index in [1.165, 1.54) is 44.9 Å². The van der Waals surface area contributed by atoms with Crippen molar-refractivity contribution in [1.29, 1.82) is 0 Å². The highest BCUT2D eigenvalue weighted by molar-refractivity contribution is 5.05. The third kappa shape index (κ3) is 2.28. The molecule has 3 heteroatoms. The summed E-state index contributed by atoms with van der Waals surface area (Å²) >= 11 is 0. The number of rotatable bonds is 3. The Labute approximate surface area is 109 Å². The minimum atomic E-state index is 0.635. The highest BCUT2D eigenvalue weighted by Gasteiger charge is 2.46. The molecule has 2 aliphatic rings. The molecule has 0 amide bonds. The molecule has 0 radical (unpaired) electrons. The topological polar surface area (TPSA) is 37.8 Å². The summed E-state index contributed by atoms with van der Waals surface area (Å²) in [5.74, 6) is 0. The Bertz CT molecular complexity index is 393. The molecular formula is C15H23N3. The Morgan fingerprint density at radius 2 is 2.00 bits per heavy atom. The summed E-state index contributed by atoms with van der Waals surface area (Å²) in [5, 5.41) is 3.71. The highest BCUT2D eigenvalue weighted by atomic mass is 15.0. The largest absolute Gasteiger partial charge is 0.308 e. The van der Waals surface area contributed by atoms with E-state index in [4.69, 9.17) is 0 Å². The summed E-state index contributed by atoms with van der Waals surface area (Å²) in [5.41, 5.74) is 2.70. The second kappa shape index (κ2) is 4.96. The molecular weight excluding hydrogens is 222 g/mol. The van der Waals surface area contributed by atoms with Gasteiger partial charge in [0.15, 0.2) is 0 Å². The molecule has 0 bridgehead atoms. The Morgan fingerprint density at radius 1 is 1.17 bits per heavy atom. The molecule has 1 atom stereocenters. The first-order valence-corrected chi connectivity index (χ1v) is 7.29. The normalized spacial score (nSPS) is 25.9. The number of aromatic nitrogens is 2. The van der Waals surface area contributed by atoms with E-state index in [1.54, 1.807) is 0 Å². The first-order chi connectivity index (χ1) is 8.78. The van der Waals surface area contributed by atoms with Crippen LogP contribution in [0.15, 0.2) is 12.4 Å². The van der Waals surface area contributed by atoms with E-state index in [0.717, 1.165) is 24.0 Å². The van der Waals surface area contributed by atoms with Crippen LogP contribution in [0.5, 0.6) is 0 Å². The van der Waals surface area contributed by atoms with E-state index in [0.29, 0.717) is 5.41 Å². The van der Waals surface area contributed by atoms with Gasteiger partial charge in [0, 0.05) is 25.0 Å². The smallest absolute Gasteiger partial charge is 0.0724 e. The van der Waals surface area contributed by atoms with E-state index in [9.17, 15) is 0 Å². The van der Waals surface area contributed by atoms with Crippen LogP contribution in [-0.2, 0) is 6.54 Å². The number of hydrogen-bond acceptors (Lipinski definition) is 3. The van der Waals surface area contributed by atoms with Crippen molar-refractivity contribution in [3.8, 4) is 0 Å². The van der Waals surface area contributed by atoms with Gasteiger partial charge in [-0.15, -0.1) is 0 Å². The lowest BCUT2D eigenvalue weighted by Gasteiger charge is -2.52. The molecule has 98 valence electrons. The summed E-state index contributed by atoms with van der Waals surface area (Å²) in [6.45, 7) is 2.85. The molecule has 1 spiro atoms. The highest BCUT2D eigenvalue weighted by Crippen LogP contribution is 2.51. The van der Waals surface area contributed by atoms with Crippen LogP contribution in [0.2, 0.25) is 0 Å². The number of aryl methyl sites for hydroxylation is 1. The molecule has 0 saturated heterocycles. The van der Waals surface area contributed by atoms with Gasteiger partial charge in [0.05, 0.1) is 11.4 Å². The van der Waals surface area contributed by atoms with Crippen molar-refractivity contribution in [2.75, 3.05) is 0 Å². The molecule has 2 saturated carbocycles. The summed E-state index contributed by atoms with van der Waals surface area (Å²) < 4.78 is 0. The van der Waals surface area contributed by atoms with Gasteiger partial charge in [-0.25, -0.2) is 0 Å². The Kier molecular flexibility index (Phi) is 3.33. The van der Waals surface area contributed by atoms with E-state index >= 15 is 0 Å². The zero-order chi connectivity index (χ0) is 12.4. The molecule has 0 aromatic carbocycles. The molecule has 2 aliphatic carbocycles. The second-order valence-corrected chi connectivity index (χ2v) is 6.04. The maximum absolute atomic E-state index is 4.42. The van der Waals surface area contributed by atoms with Crippen LogP contribution in [-0.4, -0.2) is 16.0 Å². The molecule has 3 rings (SSSR count). The van der Waals surface area contributed by atoms with Gasteiger partial charge in [-0.2, -0.15) is 0 Å². The quantitative estimate of drug-likeness (QED) is 0.889. The third-order valence-corrected chi connectivity index (χ3v) is 4.88. The average Bonchev–Trinajstić information content (AvgIpc) is 2.41. The van der Waals surface area contributed by atoms with Crippen LogP contribution >= 0.6 is 0 Å². The molecule has 1 unspecified atom stereocenters. The lowest BCUT2D eigenvalue weighted by Crippen LogP contribution is -2.54. The van der Waals surface area contributed by atoms with E-state index in [1.807, 2.05) is 19.3 Å². The summed E-state index contributed by atoms with van der Waals surface area (Å²) in [6.07, 6.45) is 13.7. The van der Waals surface area contributed by atoms with E-state index in [-0.39, 0.29) is 0 Å². The average molecular weight is 245 g/mol. The van der Waals surface area contributed by atoms with Gasteiger partial charge in [0.25, 0.3) is 0 Å². The summed E-state index contributed by atoms with van der Waals surface area (Å²) in [7, 11) is 0. The van der Waals surface area contributed by atoms with Crippen molar-refractivity contribution >= 4 is 0 Å². The predicted octanol–water partition coefficient (Wildman–Crippen LogP) is 2.99. The maximum atomic E-state index is 4.42. The van der Waals surface area contributed by atoms with Crippen molar-refractivity contribution in [3.63, 3.8) is 0 Å². The second-order valence-electron chi connectivity index (χ2n) is 6.04. The molecule has 1 aromatic heterocycles. The van der Waals surface area contributed by atoms with Gasteiger partial charge in [-0.1, -0.05) is 19.3 Å². The van der Waals surface area contributed by atoms with E-state index < -0.39 is 0 Å². The Balaban J connectivity index is 1.55. The van der Waals surface area contributed by atoms with Gasteiger partial charge >= 0.3 is 0 Å². The zero-order valence-corrected chi connectivity index (χ0v) is 11.3. The predicted molar refractivity (Wildman–Crippen MR) is 72.1 cm³/mol. The van der Waals surface area contributed by atoms with Gasteiger partial charge in [0.2, 0.25) is 0 Å². The van der Waals surface area contributed by atoms with Crippen molar-refractivity contribution in [3.05, 3.63) is 23.8 Å². The Hall–Kier alpha value is -0.960. The number of nitrogens with zero attached hydrogens (tertiary/aromatic N) is 2. The fourth-order valence-corrected chi connectivity index (χ4v) is 3.61. The van der Waals surface area contributed by atoms with Crippen molar-refractivity contribution in [2.45, 2.75) is 64.5 Å². The van der Waals surface area contributed by atoms with Crippen LogP contribution in [0.1, 0.15) is 56.3 Å². The van der Waals surface area contributed by atoms with Gasteiger partial charge in [-0.3, -0.25) is 9.97 Å². The summed E-state index contributed by atoms with van der Waals surface area (Å²) in [6, 6.07) is 0.723. The zero-order valence-electron chi connectivity index (χ0n) is 11.3.